The van der Waals surface area contributed by atoms with Gasteiger partial charge in [-0.2, -0.15) is 13.2 Å². The molecule has 3 nitrogen and oxygen atoms in total. The molecule has 94 valence electrons. The van der Waals surface area contributed by atoms with Crippen molar-refractivity contribution in [2.45, 2.75) is 12.6 Å². The molecule has 0 aliphatic carbocycles. The Morgan fingerprint density at radius 2 is 2.06 bits per heavy atom. The van der Waals surface area contributed by atoms with E-state index in [4.69, 9.17) is 5.53 Å². The molecule has 0 bridgehead atoms. The summed E-state index contributed by atoms with van der Waals surface area (Å²) in [4.78, 5) is 2.48. The van der Waals surface area contributed by atoms with Gasteiger partial charge in [-0.1, -0.05) is 23.0 Å². The molecule has 0 N–H and O–H groups in total. The van der Waals surface area contributed by atoms with Gasteiger partial charge in [-0.05, 0) is 17.7 Å². The average Bonchev–Trinajstić information content (AvgIpc) is 2.29. The lowest BCUT2D eigenvalue weighted by molar-refractivity contribution is -0.140. The van der Waals surface area contributed by atoms with Crippen molar-refractivity contribution >= 4 is 0 Å². The van der Waals surface area contributed by atoms with E-state index in [1.807, 2.05) is 0 Å². The maximum atomic E-state index is 13.4. The number of hydrogen-bond acceptors (Lipinski definition) is 1. The third-order valence-electron chi connectivity index (χ3n) is 1.93. The molecule has 1 aromatic rings. The zero-order chi connectivity index (χ0) is 13.6. The summed E-state index contributed by atoms with van der Waals surface area (Å²) in [7, 11) is 0. The maximum Gasteiger partial charge on any atom is 0.419 e. The SMILES string of the molecule is [N-]=[N+]=NCCC#Cc1cccc(C(F)(F)F)c1F. The highest BCUT2D eigenvalue weighted by molar-refractivity contribution is 5.39. The quantitative estimate of drug-likeness (QED) is 0.193. The number of azide groups is 1. The smallest absolute Gasteiger partial charge is 0.205 e. The molecule has 0 aliphatic rings. The van der Waals surface area contributed by atoms with Gasteiger partial charge in [-0.3, -0.25) is 0 Å². The predicted octanol–water partition coefficient (Wildman–Crippen LogP) is 3.90. The van der Waals surface area contributed by atoms with Crippen LogP contribution in [0.25, 0.3) is 10.4 Å². The monoisotopic (exact) mass is 257 g/mol. The summed E-state index contributed by atoms with van der Waals surface area (Å²) in [6, 6.07) is 2.90. The van der Waals surface area contributed by atoms with Gasteiger partial charge in [0.15, 0.2) is 5.82 Å². The van der Waals surface area contributed by atoms with E-state index in [1.165, 1.54) is 0 Å². The van der Waals surface area contributed by atoms with Gasteiger partial charge in [0.25, 0.3) is 0 Å². The Balaban J connectivity index is 2.94. The second-order valence-electron chi connectivity index (χ2n) is 3.17. The lowest BCUT2D eigenvalue weighted by Crippen LogP contribution is -2.08. The molecular weight excluding hydrogens is 250 g/mol. The lowest BCUT2D eigenvalue weighted by atomic mass is 10.1. The Bertz CT molecular complexity index is 533. The van der Waals surface area contributed by atoms with Gasteiger partial charge in [0.1, 0.15) is 0 Å². The fourth-order valence-corrected chi connectivity index (χ4v) is 1.16. The molecule has 0 amide bonds. The predicted molar refractivity (Wildman–Crippen MR) is 56.9 cm³/mol. The van der Waals surface area contributed by atoms with Crippen LogP contribution in [-0.4, -0.2) is 6.54 Å². The molecule has 0 saturated carbocycles. The summed E-state index contributed by atoms with van der Waals surface area (Å²) < 4.78 is 50.6. The second kappa shape index (κ2) is 5.94. The Hall–Kier alpha value is -2.19. The van der Waals surface area contributed by atoms with Gasteiger partial charge >= 0.3 is 6.18 Å². The molecule has 0 fully saturated rings. The van der Waals surface area contributed by atoms with Crippen molar-refractivity contribution in [1.29, 1.82) is 0 Å². The standard InChI is InChI=1S/C11H7F4N3/c12-10-8(4-1-2-7-17-18-16)5-3-6-9(10)11(13,14)15/h3,5-6H,2,7H2. The summed E-state index contributed by atoms with van der Waals surface area (Å²) in [6.45, 7) is 0.0874. The zero-order valence-corrected chi connectivity index (χ0v) is 9.00. The van der Waals surface area contributed by atoms with Crippen molar-refractivity contribution in [2.24, 2.45) is 5.11 Å². The van der Waals surface area contributed by atoms with Crippen LogP contribution in [0.5, 0.6) is 0 Å². The van der Waals surface area contributed by atoms with Crippen LogP contribution in [0.4, 0.5) is 17.6 Å². The number of rotatable bonds is 2. The molecule has 1 rings (SSSR count). The van der Waals surface area contributed by atoms with Crippen molar-refractivity contribution in [3.05, 3.63) is 45.6 Å². The first-order valence-electron chi connectivity index (χ1n) is 4.82. The molecule has 0 heterocycles. The molecule has 0 aliphatic heterocycles. The fourth-order valence-electron chi connectivity index (χ4n) is 1.16. The van der Waals surface area contributed by atoms with Gasteiger partial charge in [-0.25, -0.2) is 4.39 Å². The first kappa shape index (κ1) is 13.9. The number of alkyl halides is 3. The Morgan fingerprint density at radius 1 is 1.33 bits per heavy atom. The van der Waals surface area contributed by atoms with Crippen molar-refractivity contribution in [1.82, 2.24) is 0 Å². The normalized spacial score (nSPS) is 10.2. The van der Waals surface area contributed by atoms with Gasteiger partial charge < -0.3 is 0 Å². The van der Waals surface area contributed by atoms with Crippen molar-refractivity contribution in [3.63, 3.8) is 0 Å². The van der Waals surface area contributed by atoms with Gasteiger partial charge in [0.2, 0.25) is 0 Å². The third kappa shape index (κ3) is 3.68. The molecular formula is C11H7F4N3. The highest BCUT2D eigenvalue weighted by Gasteiger charge is 2.34. The lowest BCUT2D eigenvalue weighted by Gasteiger charge is -2.08. The summed E-state index contributed by atoms with van der Waals surface area (Å²) in [5.41, 5.74) is 6.31. The van der Waals surface area contributed by atoms with Crippen LogP contribution >= 0.6 is 0 Å². The van der Waals surface area contributed by atoms with Gasteiger partial charge in [-0.15, -0.1) is 0 Å². The molecule has 0 unspecified atom stereocenters. The Morgan fingerprint density at radius 3 is 2.67 bits per heavy atom. The van der Waals surface area contributed by atoms with E-state index < -0.39 is 17.6 Å². The summed E-state index contributed by atoms with van der Waals surface area (Å²) in [5.74, 6) is 3.32. The van der Waals surface area contributed by atoms with Crippen LogP contribution in [0.3, 0.4) is 0 Å². The van der Waals surface area contributed by atoms with Crippen molar-refractivity contribution in [2.75, 3.05) is 6.54 Å². The first-order valence-corrected chi connectivity index (χ1v) is 4.82. The minimum Gasteiger partial charge on any atom is -0.205 e. The molecule has 18 heavy (non-hydrogen) atoms. The molecule has 0 radical (unpaired) electrons. The van der Waals surface area contributed by atoms with E-state index >= 15 is 0 Å². The van der Waals surface area contributed by atoms with E-state index in [0.717, 1.165) is 12.1 Å². The van der Waals surface area contributed by atoms with Gasteiger partial charge in [0.05, 0.1) is 11.1 Å². The topological polar surface area (TPSA) is 48.8 Å². The van der Waals surface area contributed by atoms with E-state index in [0.29, 0.717) is 6.07 Å². The molecule has 0 spiro atoms. The van der Waals surface area contributed by atoms with Crippen LogP contribution < -0.4 is 0 Å². The zero-order valence-electron chi connectivity index (χ0n) is 9.00. The Kier molecular flexibility index (Phi) is 4.58. The summed E-state index contributed by atoms with van der Waals surface area (Å²) >= 11 is 0. The van der Waals surface area contributed by atoms with Crippen LogP contribution in [0.2, 0.25) is 0 Å². The molecule has 0 aromatic heterocycles. The largest absolute Gasteiger partial charge is 0.419 e. The van der Waals surface area contributed by atoms with Crippen molar-refractivity contribution in [3.8, 4) is 11.8 Å². The average molecular weight is 257 g/mol. The first-order chi connectivity index (χ1) is 8.46. The minimum absolute atomic E-state index is 0.0874. The fraction of sp³-hybridized carbons (Fsp3) is 0.273. The van der Waals surface area contributed by atoms with Crippen LogP contribution in [0, 0.1) is 17.7 Å². The van der Waals surface area contributed by atoms with E-state index in [9.17, 15) is 17.6 Å². The highest BCUT2D eigenvalue weighted by atomic mass is 19.4. The number of benzene rings is 1. The molecule has 7 heteroatoms. The van der Waals surface area contributed by atoms with Crippen LogP contribution in [-0.2, 0) is 6.18 Å². The van der Waals surface area contributed by atoms with Gasteiger partial charge in [0, 0.05) is 17.9 Å². The molecule has 1 aromatic carbocycles. The van der Waals surface area contributed by atoms with Crippen LogP contribution in [0.1, 0.15) is 17.5 Å². The number of hydrogen-bond donors (Lipinski definition) is 0. The number of halogens is 4. The highest BCUT2D eigenvalue weighted by Crippen LogP contribution is 2.32. The third-order valence-corrected chi connectivity index (χ3v) is 1.93. The summed E-state index contributed by atoms with van der Waals surface area (Å²) in [6.07, 6.45) is -4.59. The second-order valence-corrected chi connectivity index (χ2v) is 3.17. The molecule has 0 saturated heterocycles. The minimum atomic E-state index is -4.74. The van der Waals surface area contributed by atoms with E-state index in [2.05, 4.69) is 21.9 Å². The van der Waals surface area contributed by atoms with Crippen LogP contribution in [0.15, 0.2) is 23.3 Å². The summed E-state index contributed by atoms with van der Waals surface area (Å²) in [5, 5.41) is 3.19. The molecule has 0 atom stereocenters. The van der Waals surface area contributed by atoms with E-state index in [1.54, 1.807) is 0 Å². The maximum absolute atomic E-state index is 13.4. The number of nitrogens with zero attached hydrogens (tertiary/aromatic N) is 3. The van der Waals surface area contributed by atoms with E-state index in [-0.39, 0.29) is 18.5 Å². The van der Waals surface area contributed by atoms with Crippen molar-refractivity contribution < 1.29 is 17.6 Å². The Labute approximate surface area is 100 Å².